The van der Waals surface area contributed by atoms with Crippen molar-refractivity contribution in [3.63, 3.8) is 0 Å². The van der Waals surface area contributed by atoms with E-state index in [1.165, 1.54) is 7.11 Å². The lowest BCUT2D eigenvalue weighted by Gasteiger charge is -2.32. The van der Waals surface area contributed by atoms with Gasteiger partial charge in [-0.25, -0.2) is 4.98 Å². The maximum atomic E-state index is 12.3. The standard InChI is InChI=1S/C21H26N4O4/c1-28-14-19(26)25-11-8-18(9-12-25)29-17-6-4-15(5-7-17)21(27)24-13-16-3-2-10-23-20(16)22/h2-7,10,18H,8-9,11-14H2,1H3,(H2,22,23)(H,24,27). The number of anilines is 1. The third-order valence-corrected chi connectivity index (χ3v) is 4.85. The molecule has 1 aliphatic heterocycles. The van der Waals surface area contributed by atoms with Crippen LogP contribution in [0, 0.1) is 0 Å². The van der Waals surface area contributed by atoms with Gasteiger partial charge in [-0.3, -0.25) is 9.59 Å². The molecule has 1 aromatic carbocycles. The van der Waals surface area contributed by atoms with Crippen molar-refractivity contribution in [3.05, 3.63) is 53.7 Å². The van der Waals surface area contributed by atoms with Crippen molar-refractivity contribution in [3.8, 4) is 5.75 Å². The van der Waals surface area contributed by atoms with Crippen molar-refractivity contribution < 1.29 is 19.1 Å². The summed E-state index contributed by atoms with van der Waals surface area (Å²) in [5.41, 5.74) is 7.10. The summed E-state index contributed by atoms with van der Waals surface area (Å²) >= 11 is 0. The van der Waals surface area contributed by atoms with Crippen molar-refractivity contribution in [2.45, 2.75) is 25.5 Å². The number of pyridine rings is 1. The van der Waals surface area contributed by atoms with Gasteiger partial charge in [0.1, 0.15) is 24.3 Å². The SMILES string of the molecule is COCC(=O)N1CCC(Oc2ccc(C(=O)NCc3cccnc3N)cc2)CC1. The molecule has 2 heterocycles. The summed E-state index contributed by atoms with van der Waals surface area (Å²) in [4.78, 5) is 30.0. The van der Waals surface area contributed by atoms with Crippen molar-refractivity contribution >= 4 is 17.6 Å². The first-order valence-corrected chi connectivity index (χ1v) is 9.58. The van der Waals surface area contributed by atoms with Gasteiger partial charge in [-0.2, -0.15) is 0 Å². The van der Waals surface area contributed by atoms with Gasteiger partial charge in [0.15, 0.2) is 0 Å². The molecule has 8 nitrogen and oxygen atoms in total. The molecule has 0 aliphatic carbocycles. The number of hydrogen-bond donors (Lipinski definition) is 2. The van der Waals surface area contributed by atoms with Crippen LogP contribution in [0.4, 0.5) is 5.82 Å². The van der Waals surface area contributed by atoms with E-state index in [9.17, 15) is 9.59 Å². The average Bonchev–Trinajstić information content (AvgIpc) is 2.74. The minimum Gasteiger partial charge on any atom is -0.490 e. The number of carbonyl (C=O) groups is 2. The van der Waals surface area contributed by atoms with Crippen LogP contribution in [-0.2, 0) is 16.1 Å². The predicted octanol–water partition coefficient (Wildman–Crippen LogP) is 1.61. The van der Waals surface area contributed by atoms with E-state index in [0.29, 0.717) is 36.8 Å². The van der Waals surface area contributed by atoms with Crippen LogP contribution in [0.15, 0.2) is 42.6 Å². The third-order valence-electron chi connectivity index (χ3n) is 4.85. The molecule has 0 atom stereocenters. The average molecular weight is 398 g/mol. The molecule has 0 spiro atoms. The second kappa shape index (κ2) is 9.88. The number of benzene rings is 1. The molecule has 0 bridgehead atoms. The highest BCUT2D eigenvalue weighted by Gasteiger charge is 2.23. The molecule has 3 N–H and O–H groups in total. The number of ether oxygens (including phenoxy) is 2. The summed E-state index contributed by atoms with van der Waals surface area (Å²) in [7, 11) is 1.52. The fourth-order valence-corrected chi connectivity index (χ4v) is 3.19. The summed E-state index contributed by atoms with van der Waals surface area (Å²) in [6.45, 7) is 1.75. The zero-order valence-electron chi connectivity index (χ0n) is 16.5. The van der Waals surface area contributed by atoms with E-state index in [1.54, 1.807) is 41.4 Å². The number of methoxy groups -OCH3 is 1. The highest BCUT2D eigenvalue weighted by atomic mass is 16.5. The molecule has 0 saturated carbocycles. The number of nitrogen functional groups attached to an aromatic ring is 1. The Balaban J connectivity index is 1.47. The van der Waals surface area contributed by atoms with E-state index < -0.39 is 0 Å². The molecule has 154 valence electrons. The number of likely N-dealkylation sites (tertiary alicyclic amines) is 1. The first-order chi connectivity index (χ1) is 14.1. The summed E-state index contributed by atoms with van der Waals surface area (Å²) in [5, 5.41) is 2.84. The lowest BCUT2D eigenvalue weighted by Crippen LogP contribution is -2.43. The van der Waals surface area contributed by atoms with Crippen molar-refractivity contribution in [2.24, 2.45) is 0 Å². The largest absolute Gasteiger partial charge is 0.490 e. The van der Waals surface area contributed by atoms with Gasteiger partial charge in [0.2, 0.25) is 5.91 Å². The Morgan fingerprint density at radius 2 is 1.93 bits per heavy atom. The van der Waals surface area contributed by atoms with Crippen LogP contribution in [0.25, 0.3) is 0 Å². The number of aromatic nitrogens is 1. The maximum Gasteiger partial charge on any atom is 0.251 e. The summed E-state index contributed by atoms with van der Waals surface area (Å²) < 4.78 is 10.9. The fourth-order valence-electron chi connectivity index (χ4n) is 3.19. The number of amides is 2. The number of hydrogen-bond acceptors (Lipinski definition) is 6. The third kappa shape index (κ3) is 5.68. The van der Waals surface area contributed by atoms with Crippen LogP contribution in [0.5, 0.6) is 5.75 Å². The lowest BCUT2D eigenvalue weighted by molar-refractivity contribution is -0.136. The normalized spacial score (nSPS) is 14.4. The van der Waals surface area contributed by atoms with E-state index in [2.05, 4.69) is 10.3 Å². The van der Waals surface area contributed by atoms with Crippen LogP contribution in [0.2, 0.25) is 0 Å². The van der Waals surface area contributed by atoms with Crippen LogP contribution in [-0.4, -0.2) is 54.6 Å². The summed E-state index contributed by atoms with van der Waals surface area (Å²) in [6.07, 6.45) is 3.20. The number of nitrogens with one attached hydrogen (secondary N) is 1. The molecule has 1 fully saturated rings. The van der Waals surface area contributed by atoms with Gasteiger partial charge in [0.05, 0.1) is 0 Å². The minimum atomic E-state index is -0.190. The predicted molar refractivity (Wildman–Crippen MR) is 108 cm³/mol. The minimum absolute atomic E-state index is 0.00866. The smallest absolute Gasteiger partial charge is 0.251 e. The molecule has 0 radical (unpaired) electrons. The van der Waals surface area contributed by atoms with E-state index in [-0.39, 0.29) is 24.5 Å². The summed E-state index contributed by atoms with van der Waals surface area (Å²) in [5.74, 6) is 0.936. The monoisotopic (exact) mass is 398 g/mol. The molecule has 3 rings (SSSR count). The first kappa shape index (κ1) is 20.6. The van der Waals surface area contributed by atoms with Crippen LogP contribution >= 0.6 is 0 Å². The lowest BCUT2D eigenvalue weighted by atomic mass is 10.1. The van der Waals surface area contributed by atoms with E-state index in [1.807, 2.05) is 6.07 Å². The second-order valence-corrected chi connectivity index (χ2v) is 6.89. The van der Waals surface area contributed by atoms with Crippen LogP contribution in [0.3, 0.4) is 0 Å². The molecule has 2 amide bonds. The highest BCUT2D eigenvalue weighted by Crippen LogP contribution is 2.20. The topological polar surface area (TPSA) is 107 Å². The molecule has 1 aliphatic rings. The molecule has 1 saturated heterocycles. The molecular formula is C21H26N4O4. The first-order valence-electron chi connectivity index (χ1n) is 9.58. The number of piperidine rings is 1. The Morgan fingerprint density at radius 3 is 2.59 bits per heavy atom. The number of rotatable bonds is 7. The van der Waals surface area contributed by atoms with E-state index in [0.717, 1.165) is 18.4 Å². The zero-order valence-corrected chi connectivity index (χ0v) is 16.5. The van der Waals surface area contributed by atoms with Crippen molar-refractivity contribution in [1.82, 2.24) is 15.2 Å². The number of nitrogens with two attached hydrogens (primary N) is 1. The number of carbonyl (C=O) groups excluding carboxylic acids is 2. The number of nitrogens with zero attached hydrogens (tertiary/aromatic N) is 2. The summed E-state index contributed by atoms with van der Waals surface area (Å²) in [6, 6.07) is 10.6. The van der Waals surface area contributed by atoms with Crippen LogP contribution in [0.1, 0.15) is 28.8 Å². The van der Waals surface area contributed by atoms with Gasteiger partial charge in [-0.05, 0) is 30.3 Å². The van der Waals surface area contributed by atoms with Gasteiger partial charge >= 0.3 is 0 Å². The quantitative estimate of drug-likeness (QED) is 0.734. The van der Waals surface area contributed by atoms with Crippen LogP contribution < -0.4 is 15.8 Å². The Kier molecular flexibility index (Phi) is 7.02. The molecule has 8 heteroatoms. The highest BCUT2D eigenvalue weighted by molar-refractivity contribution is 5.94. The van der Waals surface area contributed by atoms with Crippen molar-refractivity contribution in [1.29, 1.82) is 0 Å². The molecule has 1 aromatic heterocycles. The molecule has 29 heavy (non-hydrogen) atoms. The Bertz CT molecular complexity index is 833. The molecule has 0 unspecified atom stereocenters. The van der Waals surface area contributed by atoms with Gasteiger partial charge in [-0.1, -0.05) is 6.07 Å². The fraction of sp³-hybridized carbons (Fsp3) is 0.381. The second-order valence-electron chi connectivity index (χ2n) is 6.89. The maximum absolute atomic E-state index is 12.3. The van der Waals surface area contributed by atoms with Gasteiger partial charge < -0.3 is 25.4 Å². The molecular weight excluding hydrogens is 372 g/mol. The van der Waals surface area contributed by atoms with Gasteiger partial charge in [0, 0.05) is 56.9 Å². The van der Waals surface area contributed by atoms with E-state index >= 15 is 0 Å². The Morgan fingerprint density at radius 1 is 1.21 bits per heavy atom. The van der Waals surface area contributed by atoms with E-state index in [4.69, 9.17) is 15.2 Å². The molecule has 2 aromatic rings. The zero-order chi connectivity index (χ0) is 20.6. The Hall–Kier alpha value is -3.13. The Labute approximate surface area is 170 Å². The van der Waals surface area contributed by atoms with Crippen molar-refractivity contribution in [2.75, 3.05) is 32.5 Å². The van der Waals surface area contributed by atoms with Gasteiger partial charge in [0.25, 0.3) is 5.91 Å². The van der Waals surface area contributed by atoms with Gasteiger partial charge in [-0.15, -0.1) is 0 Å².